The lowest BCUT2D eigenvalue weighted by molar-refractivity contribution is 0.403. The molecule has 142 valence electrons. The fourth-order valence-corrected chi connectivity index (χ4v) is 2.90. The minimum Gasteiger partial charge on any atom is -0.496 e. The first-order valence-electron chi connectivity index (χ1n) is 8.67. The molecular formula is C19H32IN3OS. The lowest BCUT2D eigenvalue weighted by Gasteiger charge is -2.23. The van der Waals surface area contributed by atoms with Crippen molar-refractivity contribution in [3.05, 3.63) is 29.8 Å². The molecule has 1 aromatic carbocycles. The van der Waals surface area contributed by atoms with E-state index in [1.807, 2.05) is 17.8 Å². The smallest absolute Gasteiger partial charge is 0.191 e. The summed E-state index contributed by atoms with van der Waals surface area (Å²) >= 11 is 1.85. The van der Waals surface area contributed by atoms with Crippen LogP contribution < -0.4 is 15.4 Å². The number of guanidine groups is 1. The normalized spacial score (nSPS) is 16.0. The lowest BCUT2D eigenvalue weighted by Crippen LogP contribution is -2.42. The Hall–Kier alpha value is -0.630. The summed E-state index contributed by atoms with van der Waals surface area (Å²) in [5.74, 6) is 1.89. The van der Waals surface area contributed by atoms with E-state index in [1.54, 1.807) is 7.11 Å². The van der Waals surface area contributed by atoms with Crippen LogP contribution in [0.1, 0.15) is 39.2 Å². The number of nitrogens with one attached hydrogen (secondary N) is 2. The van der Waals surface area contributed by atoms with Crippen LogP contribution in [-0.2, 0) is 5.41 Å². The minimum atomic E-state index is 0. The highest BCUT2D eigenvalue weighted by Crippen LogP contribution is 2.50. The molecular weight excluding hydrogens is 445 g/mol. The molecule has 1 aromatic rings. The Morgan fingerprint density at radius 3 is 2.52 bits per heavy atom. The predicted octanol–water partition coefficient (Wildman–Crippen LogP) is 4.04. The van der Waals surface area contributed by atoms with Gasteiger partial charge < -0.3 is 15.4 Å². The minimum absolute atomic E-state index is 0. The van der Waals surface area contributed by atoms with Gasteiger partial charge in [-0.05, 0) is 45.9 Å². The molecule has 25 heavy (non-hydrogen) atoms. The second-order valence-electron chi connectivity index (χ2n) is 6.99. The molecule has 0 unspecified atom stereocenters. The molecule has 0 heterocycles. The Morgan fingerprint density at radius 2 is 1.96 bits per heavy atom. The van der Waals surface area contributed by atoms with E-state index in [0.29, 0.717) is 0 Å². The van der Waals surface area contributed by atoms with Gasteiger partial charge in [0, 0.05) is 28.8 Å². The Kier molecular flexibility index (Phi) is 8.87. The molecule has 6 heteroatoms. The van der Waals surface area contributed by atoms with Crippen molar-refractivity contribution in [1.29, 1.82) is 0 Å². The number of aliphatic imine (C=N–C) groups is 1. The molecule has 0 spiro atoms. The molecule has 0 amide bonds. The zero-order valence-electron chi connectivity index (χ0n) is 16.0. The van der Waals surface area contributed by atoms with Crippen molar-refractivity contribution in [3.63, 3.8) is 0 Å². The lowest BCUT2D eigenvalue weighted by atomic mass is 9.95. The number of hydrogen-bond acceptors (Lipinski definition) is 3. The summed E-state index contributed by atoms with van der Waals surface area (Å²) < 4.78 is 5.71. The highest BCUT2D eigenvalue weighted by atomic mass is 127. The van der Waals surface area contributed by atoms with E-state index in [2.05, 4.69) is 55.9 Å². The largest absolute Gasteiger partial charge is 0.496 e. The van der Waals surface area contributed by atoms with E-state index in [-0.39, 0.29) is 34.1 Å². The van der Waals surface area contributed by atoms with Crippen LogP contribution in [0.15, 0.2) is 29.3 Å². The van der Waals surface area contributed by atoms with E-state index in [1.165, 1.54) is 18.4 Å². The third kappa shape index (κ3) is 6.24. The van der Waals surface area contributed by atoms with Crippen LogP contribution in [0.25, 0.3) is 0 Å². The molecule has 1 fully saturated rings. The van der Waals surface area contributed by atoms with E-state index in [4.69, 9.17) is 9.73 Å². The van der Waals surface area contributed by atoms with Crippen LogP contribution in [0.5, 0.6) is 5.75 Å². The van der Waals surface area contributed by atoms with Gasteiger partial charge in [-0.15, -0.1) is 24.0 Å². The summed E-state index contributed by atoms with van der Waals surface area (Å²) in [5.41, 5.74) is 1.48. The van der Waals surface area contributed by atoms with Gasteiger partial charge in [0.15, 0.2) is 5.96 Å². The zero-order chi connectivity index (χ0) is 17.6. The van der Waals surface area contributed by atoms with Crippen molar-refractivity contribution in [1.82, 2.24) is 10.6 Å². The maximum atomic E-state index is 5.56. The number of nitrogens with zero attached hydrogens (tertiary/aromatic N) is 1. The van der Waals surface area contributed by atoms with Gasteiger partial charge in [0.25, 0.3) is 0 Å². The van der Waals surface area contributed by atoms with E-state index >= 15 is 0 Å². The van der Waals surface area contributed by atoms with Gasteiger partial charge in [-0.3, -0.25) is 4.99 Å². The number of hydrogen-bond donors (Lipinski definition) is 2. The first-order chi connectivity index (χ1) is 11.5. The average Bonchev–Trinajstić information content (AvgIpc) is 3.38. The summed E-state index contributed by atoms with van der Waals surface area (Å²) in [6.45, 7) is 9.10. The fourth-order valence-electron chi connectivity index (χ4n) is 2.70. The van der Waals surface area contributed by atoms with Crippen LogP contribution in [0, 0.1) is 0 Å². The molecule has 0 radical (unpaired) electrons. The summed E-state index contributed by atoms with van der Waals surface area (Å²) in [7, 11) is 1.75. The predicted molar refractivity (Wildman–Crippen MR) is 121 cm³/mol. The van der Waals surface area contributed by atoms with Crippen LogP contribution in [0.3, 0.4) is 0 Å². The number of benzene rings is 1. The number of rotatable bonds is 8. The molecule has 0 aromatic heterocycles. The monoisotopic (exact) mass is 477 g/mol. The highest BCUT2D eigenvalue weighted by Gasteiger charge is 2.46. The van der Waals surface area contributed by atoms with Crippen LogP contribution in [0.4, 0.5) is 0 Å². The summed E-state index contributed by atoms with van der Waals surface area (Å²) in [6.07, 6.45) is 4.52. The van der Waals surface area contributed by atoms with E-state index in [9.17, 15) is 0 Å². The number of para-hydroxylation sites is 1. The number of methoxy groups -OCH3 is 1. The van der Waals surface area contributed by atoms with Gasteiger partial charge in [-0.25, -0.2) is 0 Å². The third-order valence-corrected chi connectivity index (χ3v) is 5.88. The van der Waals surface area contributed by atoms with Crippen molar-refractivity contribution >= 4 is 41.7 Å². The molecule has 2 N–H and O–H groups in total. The Bertz CT molecular complexity index is 574. The first kappa shape index (κ1) is 22.4. The highest BCUT2D eigenvalue weighted by molar-refractivity contribution is 14.0. The summed E-state index contributed by atoms with van der Waals surface area (Å²) in [6, 6.07) is 8.37. The van der Waals surface area contributed by atoms with Gasteiger partial charge in [0.2, 0.25) is 0 Å². The van der Waals surface area contributed by atoms with Gasteiger partial charge >= 0.3 is 0 Å². The molecule has 0 atom stereocenters. The molecule has 1 aliphatic rings. The maximum absolute atomic E-state index is 5.56. The number of ether oxygens (including phenoxy) is 1. The van der Waals surface area contributed by atoms with E-state index < -0.39 is 0 Å². The molecule has 2 rings (SSSR count). The molecule has 4 nitrogen and oxygen atoms in total. The number of halogens is 1. The van der Waals surface area contributed by atoms with Crippen LogP contribution in [-0.4, -0.2) is 43.7 Å². The van der Waals surface area contributed by atoms with Gasteiger partial charge in [0.05, 0.1) is 13.7 Å². The van der Waals surface area contributed by atoms with Crippen molar-refractivity contribution < 1.29 is 4.74 Å². The summed E-state index contributed by atoms with van der Waals surface area (Å²) in [4.78, 5) is 4.77. The molecule has 1 aliphatic carbocycles. The van der Waals surface area contributed by atoms with Crippen molar-refractivity contribution in [2.75, 3.05) is 33.0 Å². The zero-order valence-corrected chi connectivity index (χ0v) is 19.2. The van der Waals surface area contributed by atoms with Crippen molar-refractivity contribution in [2.45, 2.75) is 43.8 Å². The van der Waals surface area contributed by atoms with Gasteiger partial charge in [-0.1, -0.05) is 18.2 Å². The summed E-state index contributed by atoms with van der Waals surface area (Å²) in [5, 5.41) is 6.90. The van der Waals surface area contributed by atoms with Crippen LogP contribution >= 0.6 is 35.7 Å². The molecule has 0 bridgehead atoms. The van der Waals surface area contributed by atoms with Crippen molar-refractivity contribution in [2.24, 2.45) is 4.99 Å². The third-order valence-electron chi connectivity index (χ3n) is 4.64. The Labute approximate surface area is 174 Å². The molecule has 0 aliphatic heterocycles. The Morgan fingerprint density at radius 1 is 1.28 bits per heavy atom. The van der Waals surface area contributed by atoms with Gasteiger partial charge in [-0.2, -0.15) is 11.8 Å². The SMILES string of the molecule is CCNC(=NCC(C)(C)SC)NCC1(c2ccccc2OC)CC1.I. The molecule has 1 saturated carbocycles. The van der Waals surface area contributed by atoms with E-state index in [0.717, 1.165) is 31.3 Å². The molecule has 0 saturated heterocycles. The Balaban J connectivity index is 0.00000312. The standard InChI is InChI=1S/C19H31N3OS.HI/c1-6-20-17(21-13-18(2,3)24-5)22-14-19(11-12-19)15-9-7-8-10-16(15)23-4;/h7-10H,6,11-14H2,1-5H3,(H2,20,21,22);1H. The maximum Gasteiger partial charge on any atom is 0.191 e. The topological polar surface area (TPSA) is 45.7 Å². The van der Waals surface area contributed by atoms with Crippen LogP contribution in [0.2, 0.25) is 0 Å². The second kappa shape index (κ2) is 9.90. The fraction of sp³-hybridized carbons (Fsp3) is 0.632. The van der Waals surface area contributed by atoms with Gasteiger partial charge in [0.1, 0.15) is 5.75 Å². The van der Waals surface area contributed by atoms with Crippen molar-refractivity contribution in [3.8, 4) is 5.75 Å². The number of thioether (sulfide) groups is 1. The second-order valence-corrected chi connectivity index (χ2v) is 8.51. The quantitative estimate of drug-likeness (QED) is 0.337. The first-order valence-corrected chi connectivity index (χ1v) is 9.90. The average molecular weight is 477 g/mol.